The molecule has 4 aliphatic rings. The van der Waals surface area contributed by atoms with Crippen molar-refractivity contribution >= 4 is 31.6 Å². The van der Waals surface area contributed by atoms with E-state index in [9.17, 15) is 13.8 Å². The summed E-state index contributed by atoms with van der Waals surface area (Å²) < 4.78 is 15.3. The van der Waals surface area contributed by atoms with Gasteiger partial charge in [0.1, 0.15) is 0 Å². The zero-order valence-corrected chi connectivity index (χ0v) is 24.1. The van der Waals surface area contributed by atoms with Gasteiger partial charge in [-0.15, -0.1) is 0 Å². The van der Waals surface area contributed by atoms with Crippen LogP contribution in [-0.2, 0) is 19.1 Å². The van der Waals surface area contributed by atoms with E-state index < -0.39 is 14.9 Å². The van der Waals surface area contributed by atoms with Crippen LogP contribution in [0.4, 0.5) is 0 Å². The van der Waals surface area contributed by atoms with Crippen molar-refractivity contribution in [3.8, 4) is 0 Å². The molecule has 0 amide bonds. The molecule has 37 heavy (non-hydrogen) atoms. The van der Waals surface area contributed by atoms with E-state index in [1.807, 2.05) is 39.1 Å². The molecule has 4 aliphatic carbocycles. The lowest BCUT2D eigenvalue weighted by molar-refractivity contribution is -0.119. The minimum Gasteiger partial charge on any atom is -0.295 e. The van der Waals surface area contributed by atoms with Crippen LogP contribution in [0.1, 0.15) is 72.6 Å². The Morgan fingerprint density at radius 3 is 2.57 bits per heavy atom. The number of nitrogens with zero attached hydrogens (tertiary/aromatic N) is 2. The number of carbonyl (C=O) groups excluding carboxylic acids is 2. The molecule has 0 spiro atoms. The summed E-state index contributed by atoms with van der Waals surface area (Å²) >= 11 is 0. The van der Waals surface area contributed by atoms with E-state index in [1.165, 1.54) is 17.6 Å². The van der Waals surface area contributed by atoms with Gasteiger partial charge in [-0.2, -0.15) is 5.10 Å². The zero-order valence-electron chi connectivity index (χ0n) is 23.3. The van der Waals surface area contributed by atoms with E-state index in [4.69, 9.17) is 0 Å². The third-order valence-electron chi connectivity index (χ3n) is 9.60. The summed E-state index contributed by atoms with van der Waals surface area (Å²) in [4.78, 5) is 26.1. The molecule has 1 aromatic rings. The molecule has 0 aromatic carbocycles. The van der Waals surface area contributed by atoms with Crippen LogP contribution < -0.4 is 0 Å². The summed E-state index contributed by atoms with van der Waals surface area (Å²) in [6.45, 7) is 8.07. The van der Waals surface area contributed by atoms with E-state index in [0.717, 1.165) is 32.1 Å². The predicted octanol–water partition coefficient (Wildman–Crippen LogP) is 5.73. The second kappa shape index (κ2) is 9.21. The number of allylic oxidation sites excluding steroid dienone is 6. The molecule has 200 valence electrons. The summed E-state index contributed by atoms with van der Waals surface area (Å²) in [7, 11) is -2.57. The van der Waals surface area contributed by atoms with E-state index in [1.54, 1.807) is 23.4 Å². The summed E-state index contributed by atoms with van der Waals surface area (Å²) in [5, 5.41) is 4.49. The molecule has 0 radical (unpaired) electrons. The van der Waals surface area contributed by atoms with Crippen molar-refractivity contribution < 1.29 is 13.8 Å². The molecule has 5 atom stereocenters. The van der Waals surface area contributed by atoms with Crippen molar-refractivity contribution in [1.82, 2.24) is 9.78 Å². The third-order valence-corrected chi connectivity index (χ3v) is 11.0. The van der Waals surface area contributed by atoms with Crippen LogP contribution in [0.25, 0.3) is 5.70 Å². The largest absolute Gasteiger partial charge is 0.295 e. The van der Waals surface area contributed by atoms with Crippen LogP contribution in [0.15, 0.2) is 47.8 Å². The number of fused-ring (bicyclic) bond motifs is 5. The lowest BCUT2D eigenvalue weighted by atomic mass is 9.51. The fourth-order valence-electron chi connectivity index (χ4n) is 7.73. The second-order valence-corrected chi connectivity index (χ2v) is 16.2. The van der Waals surface area contributed by atoms with Crippen LogP contribution in [0, 0.1) is 34.5 Å². The molecule has 2 fully saturated rings. The van der Waals surface area contributed by atoms with E-state index in [2.05, 4.69) is 24.2 Å². The Balaban J connectivity index is 1.54. The normalized spacial score (nSPS) is 32.2. The van der Waals surface area contributed by atoms with Crippen LogP contribution in [0.3, 0.4) is 0 Å². The van der Waals surface area contributed by atoms with Crippen LogP contribution in [0.5, 0.6) is 0 Å². The second-order valence-electron chi connectivity index (χ2n) is 13.3. The molecule has 2 saturated carbocycles. The first-order valence-electron chi connectivity index (χ1n) is 13.8. The highest BCUT2D eigenvalue weighted by molar-refractivity contribution is 8.03. The molecular formula is C31H42N2O3S. The van der Waals surface area contributed by atoms with Crippen molar-refractivity contribution in [2.24, 2.45) is 34.5 Å². The smallest absolute Gasteiger partial charge is 0.178 e. The van der Waals surface area contributed by atoms with Gasteiger partial charge in [0.2, 0.25) is 0 Å². The van der Waals surface area contributed by atoms with Gasteiger partial charge in [-0.25, -0.2) is 4.68 Å². The Labute approximate surface area is 222 Å². The fourth-order valence-corrected chi connectivity index (χ4v) is 9.14. The van der Waals surface area contributed by atoms with Crippen molar-refractivity contribution in [2.45, 2.75) is 72.6 Å². The Morgan fingerprint density at radius 2 is 1.92 bits per heavy atom. The topological polar surface area (TPSA) is 69.0 Å². The maximum atomic E-state index is 13.7. The number of hydrogen-bond donors (Lipinski definition) is 0. The predicted molar refractivity (Wildman–Crippen MR) is 152 cm³/mol. The number of hydrogen-bond acceptors (Lipinski definition) is 4. The molecule has 0 aliphatic heterocycles. The minimum atomic E-state index is -2.57. The summed E-state index contributed by atoms with van der Waals surface area (Å²) in [6, 6.07) is 1.85. The zero-order chi connectivity index (χ0) is 26.8. The Kier molecular flexibility index (Phi) is 6.57. The summed E-state index contributed by atoms with van der Waals surface area (Å²) in [5.74, 6) is 2.69. The molecular weight excluding hydrogens is 480 g/mol. The Morgan fingerprint density at radius 1 is 1.16 bits per heavy atom. The quantitative estimate of drug-likeness (QED) is 0.374. The number of ketones is 2. The Hall–Kier alpha value is -2.21. The molecule has 0 N–H and O–H groups in total. The number of rotatable bonds is 4. The lowest BCUT2D eigenvalue weighted by Crippen LogP contribution is -2.45. The molecule has 5 rings (SSSR count). The first-order chi connectivity index (χ1) is 17.3. The highest BCUT2D eigenvalue weighted by atomic mass is 32.2. The first-order valence-corrected chi connectivity index (χ1v) is 16.2. The highest BCUT2D eigenvalue weighted by Gasteiger charge is 2.53. The van der Waals surface area contributed by atoms with Gasteiger partial charge in [0, 0.05) is 36.7 Å². The average Bonchev–Trinajstić information content (AvgIpc) is 3.45. The monoisotopic (exact) mass is 522 g/mol. The van der Waals surface area contributed by atoms with Gasteiger partial charge >= 0.3 is 0 Å². The maximum Gasteiger partial charge on any atom is 0.178 e. The lowest BCUT2D eigenvalue weighted by Gasteiger charge is -2.53. The Bertz CT molecular complexity index is 1320. The summed E-state index contributed by atoms with van der Waals surface area (Å²) in [6.07, 6.45) is 20.6. The number of aromatic nitrogens is 2. The van der Waals surface area contributed by atoms with Gasteiger partial charge < -0.3 is 0 Å². The van der Waals surface area contributed by atoms with Crippen molar-refractivity contribution in [3.63, 3.8) is 0 Å². The maximum absolute atomic E-state index is 13.7. The summed E-state index contributed by atoms with van der Waals surface area (Å²) in [5.41, 5.74) is 2.68. The van der Waals surface area contributed by atoms with Crippen LogP contribution in [0.2, 0.25) is 0 Å². The highest BCUT2D eigenvalue weighted by Crippen LogP contribution is 2.62. The van der Waals surface area contributed by atoms with Gasteiger partial charge in [0.15, 0.2) is 11.6 Å². The van der Waals surface area contributed by atoms with Crippen molar-refractivity contribution in [3.05, 3.63) is 47.8 Å². The van der Waals surface area contributed by atoms with Crippen LogP contribution in [-0.4, -0.2) is 42.9 Å². The molecule has 1 heterocycles. The van der Waals surface area contributed by atoms with Crippen molar-refractivity contribution in [2.75, 3.05) is 12.5 Å². The van der Waals surface area contributed by atoms with Crippen molar-refractivity contribution in [1.29, 1.82) is 0 Å². The minimum absolute atomic E-state index is 0.0174. The fraction of sp³-hybridized carbons (Fsp3) is 0.613. The standard InChI is InChI=1S/C31H42N2O3S/c1-30(2,3)29(35)28(37(5,6)36)27(33-17-7-16-32-33)19-21-9-13-26-25-11-8-20-18-22(34)10-12-23(20)24(25)14-15-31(21,26)4/h7,9,16-19,23-26H,8,10-15H2,1-6H3/b27-19+/t23-,24+,25+,26-,31+/m0/s1. The molecule has 0 saturated heterocycles. The van der Waals surface area contributed by atoms with E-state index >= 15 is 0 Å². The SMILES string of the molecule is CC(C)(C)C(=O)C(/C(=C\C1=CC[C@H]2[C@@H]3CCC4=CC(=O)CC[C@@H]4[C@H]3CC[C@]12C)n1cccn1)=S(C)(C)=O. The number of Topliss-reactive ketones (excluding diaryl/α,β-unsaturated/α-hetero) is 1. The van der Waals surface area contributed by atoms with Gasteiger partial charge in [-0.05, 0) is 101 Å². The molecule has 6 heteroatoms. The van der Waals surface area contributed by atoms with Crippen LogP contribution >= 0.6 is 0 Å². The molecule has 5 nitrogen and oxygen atoms in total. The molecule has 0 bridgehead atoms. The first kappa shape index (κ1) is 26.4. The van der Waals surface area contributed by atoms with Gasteiger partial charge in [0.25, 0.3) is 0 Å². The molecule has 0 unspecified atom stereocenters. The average molecular weight is 523 g/mol. The number of carbonyl (C=O) groups is 2. The van der Waals surface area contributed by atoms with Gasteiger partial charge in [0.05, 0.1) is 10.6 Å². The third kappa shape index (κ3) is 4.64. The van der Waals surface area contributed by atoms with E-state index in [0.29, 0.717) is 46.4 Å². The van der Waals surface area contributed by atoms with Gasteiger partial charge in [-0.3, -0.25) is 13.8 Å². The van der Waals surface area contributed by atoms with E-state index in [-0.39, 0.29) is 11.2 Å². The molecule has 1 aromatic heterocycles. The van der Waals surface area contributed by atoms with Gasteiger partial charge in [-0.1, -0.05) is 39.3 Å².